The fraction of sp³-hybridized carbons (Fsp3) is 0.609. The van der Waals surface area contributed by atoms with Crippen LogP contribution in [0, 0.1) is 23.7 Å². The maximum atomic E-state index is 13.5. The van der Waals surface area contributed by atoms with Crippen molar-refractivity contribution in [2.75, 3.05) is 43.9 Å². The molecule has 2 bridgehead atoms. The van der Waals surface area contributed by atoms with Crippen molar-refractivity contribution in [3.63, 3.8) is 0 Å². The van der Waals surface area contributed by atoms with Crippen LogP contribution < -0.4 is 4.90 Å². The maximum Gasteiger partial charge on any atom is 0.334 e. The van der Waals surface area contributed by atoms with E-state index in [2.05, 4.69) is 37.8 Å². The van der Waals surface area contributed by atoms with Gasteiger partial charge in [0.15, 0.2) is 0 Å². The van der Waals surface area contributed by atoms with Gasteiger partial charge in [0.05, 0.1) is 12.9 Å². The molecule has 1 aromatic carbocycles. The molecule has 1 heterocycles. The molecule has 2 fully saturated rings. The summed E-state index contributed by atoms with van der Waals surface area (Å²) in [5, 5.41) is 0. The average Bonchev–Trinajstić information content (AvgIpc) is 3.08. The number of nitrogens with zero attached hydrogens (tertiary/aromatic N) is 2. The van der Waals surface area contributed by atoms with Crippen molar-refractivity contribution in [3.8, 4) is 0 Å². The number of para-hydroxylation sites is 1. The number of carbonyl (C=O) groups is 1. The van der Waals surface area contributed by atoms with Crippen LogP contribution in [0.2, 0.25) is 0 Å². The van der Waals surface area contributed by atoms with Crippen LogP contribution in [-0.2, 0) is 19.6 Å². The molecule has 2 atom stereocenters. The molecule has 164 valence electrons. The third kappa shape index (κ3) is 3.17. The van der Waals surface area contributed by atoms with Gasteiger partial charge in [-0.05, 0) is 42.7 Å². The van der Waals surface area contributed by atoms with Crippen molar-refractivity contribution in [2.24, 2.45) is 16.7 Å². The number of allylic oxidation sites excluding steroid dienone is 1. The lowest BCUT2D eigenvalue weighted by Crippen LogP contribution is -2.52. The summed E-state index contributed by atoms with van der Waals surface area (Å²) in [6.07, 6.45) is 3.61. The number of benzene rings is 1. The van der Waals surface area contributed by atoms with Crippen LogP contribution in [-0.4, -0.2) is 57.7 Å². The third-order valence-corrected chi connectivity index (χ3v) is 9.86. The summed E-state index contributed by atoms with van der Waals surface area (Å²) in [5.41, 5.74) is 1.99. The molecule has 3 aliphatic rings. The summed E-state index contributed by atoms with van der Waals surface area (Å²) < 4.78 is 33.6. The zero-order valence-corrected chi connectivity index (χ0v) is 19.2. The number of hydrogen-bond donors (Lipinski definition) is 0. The van der Waals surface area contributed by atoms with Crippen molar-refractivity contribution in [2.45, 2.75) is 33.6 Å². The van der Waals surface area contributed by atoms with E-state index in [-0.39, 0.29) is 23.1 Å². The van der Waals surface area contributed by atoms with E-state index in [1.54, 1.807) is 4.31 Å². The summed E-state index contributed by atoms with van der Waals surface area (Å²) in [6.45, 7) is 8.55. The van der Waals surface area contributed by atoms with Gasteiger partial charge in [-0.3, -0.25) is 0 Å². The lowest BCUT2D eigenvalue weighted by atomic mass is 9.67. The maximum absolute atomic E-state index is 13.5. The van der Waals surface area contributed by atoms with E-state index >= 15 is 0 Å². The van der Waals surface area contributed by atoms with Crippen LogP contribution in [0.4, 0.5) is 5.69 Å². The van der Waals surface area contributed by atoms with Crippen LogP contribution in [0.25, 0.3) is 0 Å². The number of aryl methyl sites for hydroxylation is 1. The Hall–Kier alpha value is -1.86. The normalized spacial score (nSPS) is 28.5. The van der Waals surface area contributed by atoms with Crippen molar-refractivity contribution >= 4 is 21.7 Å². The first kappa shape index (κ1) is 21.4. The molecule has 6 nitrogen and oxygen atoms in total. The Labute approximate surface area is 179 Å². The molecular weight excluding hydrogens is 400 g/mol. The molecule has 0 N–H and O–H groups in total. The first-order valence-electron chi connectivity index (χ1n) is 10.7. The molecule has 2 unspecified atom stereocenters. The smallest absolute Gasteiger partial charge is 0.334 e. The van der Waals surface area contributed by atoms with Crippen LogP contribution in [0.3, 0.4) is 0 Å². The first-order valence-corrected chi connectivity index (χ1v) is 12.3. The molecule has 0 spiro atoms. The highest BCUT2D eigenvalue weighted by molar-refractivity contribution is 7.89. The van der Waals surface area contributed by atoms with Gasteiger partial charge in [-0.15, -0.1) is 0 Å². The molecule has 7 heteroatoms. The second-order valence-corrected chi connectivity index (χ2v) is 11.4. The molecule has 1 aliphatic heterocycles. The Bertz CT molecular complexity index is 977. The predicted octanol–water partition coefficient (Wildman–Crippen LogP) is 2.98. The Morgan fingerprint density at radius 3 is 2.43 bits per heavy atom. The SMILES string of the molecule is COC(=O)C1=CC2CCC1(CS(=O)(=O)N1CCN(c3ccccc3C)CC1)C2(C)C. The standard InChI is InChI=1S/C23H32N2O4S/c1-17-7-5-6-8-20(17)24-11-13-25(14-12-24)30(27,28)16-23-10-9-18(22(23,2)3)15-19(23)21(26)29-4/h5-8,15,18H,9-14,16H2,1-4H3. The largest absolute Gasteiger partial charge is 0.466 e. The van der Waals surface area contributed by atoms with Gasteiger partial charge in [0, 0.05) is 42.9 Å². The number of anilines is 1. The topological polar surface area (TPSA) is 66.9 Å². The molecule has 0 aromatic heterocycles. The first-order chi connectivity index (χ1) is 14.1. The van der Waals surface area contributed by atoms with E-state index in [9.17, 15) is 13.2 Å². The Morgan fingerprint density at radius 1 is 1.17 bits per heavy atom. The van der Waals surface area contributed by atoms with Gasteiger partial charge < -0.3 is 9.64 Å². The molecular formula is C23H32N2O4S. The number of sulfonamides is 1. The van der Waals surface area contributed by atoms with E-state index < -0.39 is 15.4 Å². The van der Waals surface area contributed by atoms with Crippen molar-refractivity contribution in [1.29, 1.82) is 0 Å². The fourth-order valence-corrected chi connectivity index (χ4v) is 8.01. The summed E-state index contributed by atoms with van der Waals surface area (Å²) in [4.78, 5) is 14.7. The molecule has 0 radical (unpaired) electrons. The Balaban J connectivity index is 1.53. The molecule has 4 rings (SSSR count). The minimum atomic E-state index is -3.51. The number of fused-ring (bicyclic) bond motifs is 2. The van der Waals surface area contributed by atoms with Crippen molar-refractivity contribution in [3.05, 3.63) is 41.5 Å². The zero-order chi connectivity index (χ0) is 21.7. The van der Waals surface area contributed by atoms with Crippen LogP contribution >= 0.6 is 0 Å². The highest BCUT2D eigenvalue weighted by atomic mass is 32.2. The monoisotopic (exact) mass is 432 g/mol. The minimum Gasteiger partial charge on any atom is -0.466 e. The van der Waals surface area contributed by atoms with Gasteiger partial charge in [-0.1, -0.05) is 38.1 Å². The van der Waals surface area contributed by atoms with Crippen LogP contribution in [0.15, 0.2) is 35.9 Å². The van der Waals surface area contributed by atoms with Crippen LogP contribution in [0.5, 0.6) is 0 Å². The van der Waals surface area contributed by atoms with Gasteiger partial charge in [0.1, 0.15) is 0 Å². The number of esters is 1. The second kappa shape index (κ2) is 7.38. The van der Waals surface area contributed by atoms with Gasteiger partial charge in [0.25, 0.3) is 0 Å². The van der Waals surface area contributed by atoms with E-state index in [0.29, 0.717) is 38.2 Å². The molecule has 1 saturated heterocycles. The van der Waals surface area contributed by atoms with Crippen molar-refractivity contribution in [1.82, 2.24) is 4.31 Å². The summed E-state index contributed by atoms with van der Waals surface area (Å²) in [5.74, 6) is -0.182. The highest BCUT2D eigenvalue weighted by Gasteiger charge is 2.63. The molecule has 30 heavy (non-hydrogen) atoms. The second-order valence-electron chi connectivity index (χ2n) is 9.45. The van der Waals surface area contributed by atoms with Gasteiger partial charge in [0.2, 0.25) is 10.0 Å². The van der Waals surface area contributed by atoms with Crippen molar-refractivity contribution < 1.29 is 17.9 Å². The summed E-state index contributed by atoms with van der Waals surface area (Å²) in [6, 6.07) is 8.20. The number of carbonyl (C=O) groups excluding carboxylic acids is 1. The number of piperazine rings is 1. The van der Waals surface area contributed by atoms with E-state index in [0.717, 1.165) is 6.42 Å². The molecule has 0 amide bonds. The molecule has 1 saturated carbocycles. The van der Waals surface area contributed by atoms with E-state index in [1.807, 2.05) is 18.2 Å². The number of ether oxygens (including phenoxy) is 1. The van der Waals surface area contributed by atoms with Gasteiger partial charge in [-0.2, -0.15) is 4.31 Å². The van der Waals surface area contributed by atoms with Crippen LogP contribution in [0.1, 0.15) is 32.3 Å². The minimum absolute atomic E-state index is 0.0190. The average molecular weight is 433 g/mol. The number of methoxy groups -OCH3 is 1. The lowest BCUT2D eigenvalue weighted by Gasteiger charge is -2.42. The summed E-state index contributed by atoms with van der Waals surface area (Å²) >= 11 is 0. The fourth-order valence-electron chi connectivity index (χ4n) is 5.81. The third-order valence-electron chi connectivity index (χ3n) is 7.85. The zero-order valence-electron chi connectivity index (χ0n) is 18.3. The lowest BCUT2D eigenvalue weighted by molar-refractivity contribution is -0.137. The van der Waals surface area contributed by atoms with Gasteiger partial charge >= 0.3 is 5.97 Å². The van der Waals surface area contributed by atoms with Gasteiger partial charge in [-0.25, -0.2) is 13.2 Å². The Kier molecular flexibility index (Phi) is 5.26. The summed E-state index contributed by atoms with van der Waals surface area (Å²) in [7, 11) is -2.14. The van der Waals surface area contributed by atoms with E-state index in [1.165, 1.54) is 18.4 Å². The quantitative estimate of drug-likeness (QED) is 0.669. The highest BCUT2D eigenvalue weighted by Crippen LogP contribution is 2.66. The molecule has 2 aliphatic carbocycles. The Morgan fingerprint density at radius 2 is 1.83 bits per heavy atom. The number of rotatable bonds is 5. The number of hydrogen-bond acceptors (Lipinski definition) is 5. The van der Waals surface area contributed by atoms with E-state index in [4.69, 9.17) is 4.74 Å². The molecule has 1 aromatic rings. The predicted molar refractivity (Wildman–Crippen MR) is 118 cm³/mol.